The Morgan fingerprint density at radius 3 is 2.60 bits per heavy atom. The van der Waals surface area contributed by atoms with Crippen LogP contribution in [-0.2, 0) is 10.0 Å². The highest BCUT2D eigenvalue weighted by atomic mass is 32.2. The van der Waals surface area contributed by atoms with Crippen molar-refractivity contribution < 1.29 is 13.2 Å². The van der Waals surface area contributed by atoms with Crippen LogP contribution in [-0.4, -0.2) is 87.8 Å². The molecule has 2 aliphatic heterocycles. The zero-order valence-corrected chi connectivity index (χ0v) is 15.6. The van der Waals surface area contributed by atoms with Crippen LogP contribution < -0.4 is 5.32 Å². The largest absolute Gasteiger partial charge is 0.337 e. The lowest BCUT2D eigenvalue weighted by atomic mass is 10.2. The van der Waals surface area contributed by atoms with Crippen molar-refractivity contribution in [2.45, 2.75) is 17.4 Å². The van der Waals surface area contributed by atoms with E-state index in [1.807, 2.05) is 4.90 Å². The minimum atomic E-state index is -3.54. The van der Waals surface area contributed by atoms with Crippen molar-refractivity contribution >= 4 is 15.9 Å². The monoisotopic (exact) mass is 366 g/mol. The highest BCUT2D eigenvalue weighted by molar-refractivity contribution is 7.89. The quantitative estimate of drug-likeness (QED) is 0.816. The number of nitrogens with zero attached hydrogens (tertiary/aromatic N) is 3. The third kappa shape index (κ3) is 3.87. The Hall–Kier alpha value is -1.48. The lowest BCUT2D eigenvalue weighted by molar-refractivity contribution is 0.0773. The van der Waals surface area contributed by atoms with Crippen LogP contribution in [0.15, 0.2) is 29.2 Å². The van der Waals surface area contributed by atoms with E-state index in [0.717, 1.165) is 43.4 Å². The third-order valence-electron chi connectivity index (χ3n) is 4.98. The smallest absolute Gasteiger partial charge is 0.253 e. The summed E-state index contributed by atoms with van der Waals surface area (Å²) in [5, 5.41) is 3.34. The fourth-order valence-corrected chi connectivity index (χ4v) is 4.40. The van der Waals surface area contributed by atoms with Gasteiger partial charge in [0.2, 0.25) is 10.0 Å². The minimum absolute atomic E-state index is 0.0894. The second-order valence-electron chi connectivity index (χ2n) is 6.79. The predicted molar refractivity (Wildman–Crippen MR) is 96.1 cm³/mol. The summed E-state index contributed by atoms with van der Waals surface area (Å²) in [7, 11) is -0.560. The van der Waals surface area contributed by atoms with Gasteiger partial charge in [0.15, 0.2) is 0 Å². The number of hydrogen-bond acceptors (Lipinski definition) is 5. The van der Waals surface area contributed by atoms with Crippen molar-refractivity contribution in [2.75, 3.05) is 53.4 Å². The summed E-state index contributed by atoms with van der Waals surface area (Å²) in [6, 6.07) is 6.73. The molecule has 1 N–H and O–H groups in total. The summed E-state index contributed by atoms with van der Waals surface area (Å²) in [5.74, 6) is -0.0894. The third-order valence-corrected chi connectivity index (χ3v) is 6.79. The van der Waals surface area contributed by atoms with Crippen LogP contribution >= 0.6 is 0 Å². The van der Waals surface area contributed by atoms with Gasteiger partial charge in [0.25, 0.3) is 5.91 Å². The fraction of sp³-hybridized carbons (Fsp3) is 0.588. The fourth-order valence-electron chi connectivity index (χ4n) is 3.45. The van der Waals surface area contributed by atoms with E-state index in [1.54, 1.807) is 12.1 Å². The second-order valence-corrected chi connectivity index (χ2v) is 8.95. The predicted octanol–water partition coefficient (Wildman–Crippen LogP) is 0.0566. The average Bonchev–Trinajstić information content (AvgIpc) is 3.12. The molecule has 0 radical (unpaired) electrons. The van der Waals surface area contributed by atoms with Crippen molar-refractivity contribution in [1.82, 2.24) is 19.4 Å². The average molecular weight is 366 g/mol. The first kappa shape index (κ1) is 18.3. The molecule has 8 heteroatoms. The summed E-state index contributed by atoms with van der Waals surface area (Å²) in [6.45, 7) is 5.46. The number of carbonyl (C=O) groups excluding carboxylic acids is 1. The first-order valence-electron chi connectivity index (χ1n) is 8.66. The summed E-state index contributed by atoms with van der Waals surface area (Å²) in [6.07, 6.45) is 0.974. The molecule has 1 unspecified atom stereocenters. The molecular weight excluding hydrogens is 340 g/mol. The highest BCUT2D eigenvalue weighted by Crippen LogP contribution is 2.21. The Morgan fingerprint density at radius 2 is 1.92 bits per heavy atom. The molecule has 0 bridgehead atoms. The molecule has 2 heterocycles. The zero-order chi connectivity index (χ0) is 18.0. The topological polar surface area (TPSA) is 73.0 Å². The van der Waals surface area contributed by atoms with Gasteiger partial charge in [-0.3, -0.25) is 9.69 Å². The van der Waals surface area contributed by atoms with E-state index < -0.39 is 10.0 Å². The van der Waals surface area contributed by atoms with Crippen molar-refractivity contribution in [1.29, 1.82) is 0 Å². The number of rotatable bonds is 4. The van der Waals surface area contributed by atoms with Gasteiger partial charge in [-0.2, -0.15) is 0 Å². The molecular formula is C17H26N4O3S. The van der Waals surface area contributed by atoms with Crippen molar-refractivity contribution in [3.05, 3.63) is 29.8 Å². The number of amides is 1. The normalized spacial score (nSPS) is 22.5. The molecule has 7 nitrogen and oxygen atoms in total. The molecule has 138 valence electrons. The van der Waals surface area contributed by atoms with E-state index >= 15 is 0 Å². The number of nitrogens with one attached hydrogen (secondary N) is 1. The first-order chi connectivity index (χ1) is 11.9. The molecule has 1 aromatic rings. The summed E-state index contributed by atoms with van der Waals surface area (Å²) >= 11 is 0. The van der Waals surface area contributed by atoms with Crippen LogP contribution in [0.2, 0.25) is 0 Å². The van der Waals surface area contributed by atoms with E-state index in [2.05, 4.69) is 10.2 Å². The minimum Gasteiger partial charge on any atom is -0.337 e. The number of likely N-dealkylation sites (tertiary alicyclic amines) is 1. The van der Waals surface area contributed by atoms with E-state index in [9.17, 15) is 13.2 Å². The Kier molecular flexibility index (Phi) is 5.43. The van der Waals surface area contributed by atoms with Gasteiger partial charge in [0.05, 0.1) is 4.90 Å². The molecule has 25 heavy (non-hydrogen) atoms. The van der Waals surface area contributed by atoms with Crippen LogP contribution in [0.1, 0.15) is 16.8 Å². The van der Waals surface area contributed by atoms with Crippen molar-refractivity contribution in [2.24, 2.45) is 0 Å². The molecule has 1 amide bonds. The molecule has 0 aromatic heterocycles. The van der Waals surface area contributed by atoms with E-state index in [0.29, 0.717) is 18.2 Å². The maximum Gasteiger partial charge on any atom is 0.253 e. The number of sulfonamides is 1. The van der Waals surface area contributed by atoms with Crippen molar-refractivity contribution in [3.63, 3.8) is 0 Å². The van der Waals surface area contributed by atoms with Crippen LogP contribution in [0.25, 0.3) is 0 Å². The van der Waals surface area contributed by atoms with Crippen molar-refractivity contribution in [3.8, 4) is 0 Å². The van der Waals surface area contributed by atoms with Gasteiger partial charge in [-0.25, -0.2) is 12.7 Å². The molecule has 0 aliphatic carbocycles. The van der Waals surface area contributed by atoms with Gasteiger partial charge < -0.3 is 10.2 Å². The number of hydrogen-bond donors (Lipinski definition) is 1. The molecule has 2 fully saturated rings. The summed E-state index contributed by atoms with van der Waals surface area (Å²) < 4.78 is 25.7. The van der Waals surface area contributed by atoms with Crippen LogP contribution in [0.5, 0.6) is 0 Å². The molecule has 2 aliphatic rings. The molecule has 0 saturated carbocycles. The maximum atomic E-state index is 12.8. The van der Waals surface area contributed by atoms with Gasteiger partial charge >= 0.3 is 0 Å². The highest BCUT2D eigenvalue weighted by Gasteiger charge is 2.31. The second kappa shape index (κ2) is 7.41. The number of carbonyl (C=O) groups is 1. The van der Waals surface area contributed by atoms with Gasteiger partial charge in [0.1, 0.15) is 0 Å². The first-order valence-corrected chi connectivity index (χ1v) is 10.1. The van der Waals surface area contributed by atoms with Gasteiger partial charge in [-0.15, -0.1) is 0 Å². The molecule has 0 spiro atoms. The van der Waals surface area contributed by atoms with Gasteiger partial charge in [-0.05, 0) is 24.6 Å². The van der Waals surface area contributed by atoms with E-state index in [1.165, 1.54) is 26.2 Å². The Labute approximate surface area is 149 Å². The molecule has 1 aromatic carbocycles. The molecule has 3 rings (SSSR count). The Morgan fingerprint density at radius 1 is 1.20 bits per heavy atom. The maximum absolute atomic E-state index is 12.8. The summed E-state index contributed by atoms with van der Waals surface area (Å²) in [5.41, 5.74) is 0.434. The van der Waals surface area contributed by atoms with Gasteiger partial charge in [-0.1, -0.05) is 6.07 Å². The SMILES string of the molecule is CN(C)S(=O)(=O)c1cccc(C(=O)N2CCC(N3CCNCC3)C2)c1. The standard InChI is InChI=1S/C17H26N4O3S/c1-19(2)25(23,24)16-5-3-4-14(12-16)17(22)21-9-6-15(13-21)20-10-7-18-8-11-20/h3-5,12,15,18H,6-11,13H2,1-2H3. The molecule has 1 atom stereocenters. The Balaban J connectivity index is 1.71. The van der Waals surface area contributed by atoms with E-state index in [-0.39, 0.29) is 10.8 Å². The number of piperazine rings is 1. The zero-order valence-electron chi connectivity index (χ0n) is 14.8. The van der Waals surface area contributed by atoms with Crippen LogP contribution in [0.3, 0.4) is 0 Å². The van der Waals surface area contributed by atoms with Crippen LogP contribution in [0, 0.1) is 0 Å². The Bertz CT molecular complexity index is 729. The van der Waals surface area contributed by atoms with Crippen LogP contribution in [0.4, 0.5) is 0 Å². The summed E-state index contributed by atoms with van der Waals surface area (Å²) in [4.78, 5) is 17.2. The lowest BCUT2D eigenvalue weighted by Crippen LogP contribution is -2.49. The lowest BCUT2D eigenvalue weighted by Gasteiger charge is -2.32. The number of benzene rings is 1. The molecule has 2 saturated heterocycles. The van der Waals surface area contributed by atoms with E-state index in [4.69, 9.17) is 0 Å². The van der Waals surface area contributed by atoms with Gasteiger partial charge in [0, 0.05) is 65.0 Å².